The van der Waals surface area contributed by atoms with E-state index in [2.05, 4.69) is 132 Å². The van der Waals surface area contributed by atoms with Gasteiger partial charge in [-0.15, -0.1) is 62.4 Å². The minimum Gasteiger partial charge on any atom is -0.253 e. The maximum absolute atomic E-state index is 4.13. The third-order valence-electron chi connectivity index (χ3n) is 10.9. The summed E-state index contributed by atoms with van der Waals surface area (Å²) >= 11 is 3.51. The average molecular weight is 949 g/mol. The fraction of sp³-hybridized carbons (Fsp3) is 0.583. The second-order valence-electron chi connectivity index (χ2n) is 16.9. The molecule has 0 amide bonds. The van der Waals surface area contributed by atoms with Crippen LogP contribution in [0.4, 0.5) is 0 Å². The number of benzene rings is 2. The molecule has 4 heterocycles. The normalized spacial score (nSPS) is 14.0. The summed E-state index contributed by atoms with van der Waals surface area (Å²) in [6, 6.07) is 20.6. The molecule has 2 aromatic carbocycles. The number of aryl methyl sites for hydroxylation is 1. The van der Waals surface area contributed by atoms with Gasteiger partial charge in [0.15, 0.2) is 0 Å². The van der Waals surface area contributed by atoms with Crippen molar-refractivity contribution in [3.63, 3.8) is 0 Å². The Bertz CT molecular complexity index is 1970. The molecule has 8 rings (SSSR count). The first kappa shape index (κ1) is 54.9. The fourth-order valence-corrected chi connectivity index (χ4v) is 8.94. The zero-order valence-corrected chi connectivity index (χ0v) is 42.9. The lowest BCUT2D eigenvalue weighted by atomic mass is 9.73. The summed E-state index contributed by atoms with van der Waals surface area (Å²) in [5.74, 6) is 5.30. The van der Waals surface area contributed by atoms with Crippen molar-refractivity contribution in [3.8, 4) is 0 Å². The van der Waals surface area contributed by atoms with E-state index >= 15 is 0 Å². The van der Waals surface area contributed by atoms with Crippen LogP contribution < -0.4 is 0 Å². The Morgan fingerprint density at radius 1 is 0.516 bits per heavy atom. The number of rotatable bonds is 13. The molecule has 0 aliphatic heterocycles. The predicted molar refractivity (Wildman–Crippen MR) is 276 cm³/mol. The Labute approximate surface area is 398 Å². The van der Waals surface area contributed by atoms with Crippen LogP contribution in [0.5, 0.6) is 0 Å². The Hall–Kier alpha value is -3.44. The Morgan fingerprint density at radius 3 is 1.23 bits per heavy atom. The van der Waals surface area contributed by atoms with Crippen LogP contribution in [0, 0.1) is 11.8 Å². The second-order valence-corrected chi connectivity index (χ2v) is 19.7. The van der Waals surface area contributed by atoms with Crippen LogP contribution in [0.25, 0.3) is 0 Å². The van der Waals surface area contributed by atoms with E-state index in [4.69, 9.17) is 0 Å². The van der Waals surface area contributed by atoms with Crippen molar-refractivity contribution in [1.29, 1.82) is 0 Å². The van der Waals surface area contributed by atoms with E-state index < -0.39 is 0 Å². The molecule has 16 heteroatoms. The highest BCUT2D eigenvalue weighted by atomic mass is 32.2. The van der Waals surface area contributed by atoms with Crippen LogP contribution in [0.15, 0.2) is 95.2 Å². The van der Waals surface area contributed by atoms with Crippen molar-refractivity contribution in [2.24, 2.45) is 11.8 Å². The van der Waals surface area contributed by atoms with Crippen LogP contribution in [0.3, 0.4) is 0 Å². The molecule has 6 aromatic rings. The van der Waals surface area contributed by atoms with Gasteiger partial charge in [0.05, 0.1) is 40.8 Å². The van der Waals surface area contributed by atoms with Gasteiger partial charge in [0.2, 0.25) is 0 Å². The third kappa shape index (κ3) is 20.8. The van der Waals surface area contributed by atoms with E-state index in [9.17, 15) is 0 Å². The van der Waals surface area contributed by atoms with E-state index in [1.54, 1.807) is 53.9 Å². The van der Waals surface area contributed by atoms with Gasteiger partial charge in [-0.1, -0.05) is 170 Å². The lowest BCUT2D eigenvalue weighted by Gasteiger charge is -2.32. The lowest BCUT2D eigenvalue weighted by Crippen LogP contribution is -2.20. The van der Waals surface area contributed by atoms with Gasteiger partial charge in [0, 0.05) is 47.3 Å². The SMILES string of the molecule is C.C1CCC(C2CCCCC2)CC1.CC(C)c1cn(CP)nn1.CC(C)c1cn(CSc2ccccc2)nn1.CCn1cc(C(C)C)nn1.PCc1cn(CSc2ccccc2)nn1. The van der Waals surface area contributed by atoms with Crippen molar-refractivity contribution in [1.82, 2.24) is 60.0 Å². The summed E-state index contributed by atoms with van der Waals surface area (Å²) in [4.78, 5) is 2.50. The average Bonchev–Trinajstić information content (AvgIpc) is 4.18. The van der Waals surface area contributed by atoms with E-state index in [1.165, 1.54) is 48.3 Å². The maximum atomic E-state index is 4.13. The topological polar surface area (TPSA) is 123 Å². The molecule has 0 spiro atoms. The Kier molecular flexibility index (Phi) is 27.0. The number of nitrogens with zero attached hydrogens (tertiary/aromatic N) is 12. The zero-order chi connectivity index (χ0) is 45.2. The number of thioether (sulfide) groups is 2. The van der Waals surface area contributed by atoms with Gasteiger partial charge in [-0.05, 0) is 60.8 Å². The number of aromatic nitrogens is 12. The zero-order valence-electron chi connectivity index (χ0n) is 38.9. The van der Waals surface area contributed by atoms with E-state index in [-0.39, 0.29) is 7.43 Å². The summed E-state index contributed by atoms with van der Waals surface area (Å²) in [6.45, 7) is 15.7. The summed E-state index contributed by atoms with van der Waals surface area (Å²) in [6.07, 6.45) is 25.0. The largest absolute Gasteiger partial charge is 0.253 e. The predicted octanol–water partition coefficient (Wildman–Crippen LogP) is 13.0. The highest BCUT2D eigenvalue weighted by Crippen LogP contribution is 2.38. The van der Waals surface area contributed by atoms with Gasteiger partial charge in [-0.2, -0.15) is 0 Å². The highest BCUT2D eigenvalue weighted by Gasteiger charge is 2.24. The van der Waals surface area contributed by atoms with Gasteiger partial charge in [-0.3, -0.25) is 4.68 Å². The quantitative estimate of drug-likeness (QED) is 0.0816. The van der Waals surface area contributed by atoms with Crippen LogP contribution in [0.2, 0.25) is 0 Å². The molecule has 0 saturated heterocycles. The first-order valence-electron chi connectivity index (χ1n) is 22.9. The molecule has 2 saturated carbocycles. The molecule has 2 aliphatic carbocycles. The van der Waals surface area contributed by atoms with Gasteiger partial charge in [0.25, 0.3) is 0 Å². The molecule has 2 unspecified atom stereocenters. The molecule has 2 aliphatic rings. The van der Waals surface area contributed by atoms with Crippen molar-refractivity contribution in [2.45, 2.75) is 178 Å². The van der Waals surface area contributed by atoms with Crippen molar-refractivity contribution >= 4 is 42.0 Å². The molecule has 2 fully saturated rings. The van der Waals surface area contributed by atoms with Crippen molar-refractivity contribution in [3.05, 3.63) is 108 Å². The summed E-state index contributed by atoms with van der Waals surface area (Å²) in [7, 11) is 5.24. The van der Waals surface area contributed by atoms with Crippen LogP contribution in [-0.2, 0) is 30.7 Å². The molecule has 64 heavy (non-hydrogen) atoms. The molecule has 0 radical (unpaired) electrons. The molecule has 4 aromatic heterocycles. The minimum atomic E-state index is 0. The van der Waals surface area contributed by atoms with E-state index in [1.807, 2.05) is 75.2 Å². The van der Waals surface area contributed by atoms with Crippen molar-refractivity contribution < 1.29 is 0 Å². The maximum Gasteiger partial charge on any atom is 0.0927 e. The Morgan fingerprint density at radius 2 is 0.891 bits per heavy atom. The summed E-state index contributed by atoms with van der Waals surface area (Å²) < 4.78 is 7.39. The van der Waals surface area contributed by atoms with Gasteiger partial charge < -0.3 is 0 Å². The first-order chi connectivity index (χ1) is 30.6. The number of hydrogen-bond donors (Lipinski definition) is 0. The minimum absolute atomic E-state index is 0. The van der Waals surface area contributed by atoms with Gasteiger partial charge in [0.1, 0.15) is 0 Å². The van der Waals surface area contributed by atoms with Crippen LogP contribution in [0.1, 0.15) is 161 Å². The second kappa shape index (κ2) is 31.5. The molecule has 12 nitrogen and oxygen atoms in total. The highest BCUT2D eigenvalue weighted by molar-refractivity contribution is 7.98. The summed E-state index contributed by atoms with van der Waals surface area (Å²) in [5, 5.41) is 32.1. The molecule has 352 valence electrons. The molecular weight excluding hydrogens is 871 g/mol. The number of hydrogen-bond acceptors (Lipinski definition) is 10. The molecule has 0 N–H and O–H groups in total. The molecular formula is C48H78N12P2S2. The van der Waals surface area contributed by atoms with E-state index in [0.29, 0.717) is 17.8 Å². The molecule has 0 bridgehead atoms. The first-order valence-corrected chi connectivity index (χ1v) is 26.5. The standard InChI is InChI=1S/C12H15N3S.C12H22.C10H12N3PS.C7H13N3.C6H12N3P.CH4/c1-10(2)12-8-15(14-13-12)9-16-11-6-4-3-5-7-11;1-3-7-11(8-4-1)12-9-5-2-6-10-12;14-7-9-6-13(12-11-9)8-15-10-4-2-1-3-5-10;1-4-10-5-7(6(2)3)8-9-10;1-5(2)6-3-9(4-10)8-7-6;/h3-8,10H,9H2,1-2H3;11-12H,1-10H2;1-6H,7-8,14H2;5-6H,4H2,1-3H3;3,5H,4,10H2,1-2H3;1H4. The Balaban J connectivity index is 0.000000215. The van der Waals surface area contributed by atoms with Gasteiger partial charge >= 0.3 is 0 Å². The van der Waals surface area contributed by atoms with Crippen LogP contribution in [-0.4, -0.2) is 60.0 Å². The van der Waals surface area contributed by atoms with Crippen LogP contribution >= 0.6 is 42.0 Å². The smallest absolute Gasteiger partial charge is 0.0927 e. The fourth-order valence-electron chi connectivity index (χ4n) is 7.06. The molecule has 2 atom stereocenters. The van der Waals surface area contributed by atoms with E-state index in [0.717, 1.165) is 65.4 Å². The van der Waals surface area contributed by atoms with Crippen molar-refractivity contribution in [2.75, 3.05) is 0 Å². The lowest BCUT2D eigenvalue weighted by molar-refractivity contribution is 0.196. The van der Waals surface area contributed by atoms with Gasteiger partial charge in [-0.25, -0.2) is 14.0 Å². The third-order valence-corrected chi connectivity index (χ3v) is 13.7. The monoisotopic (exact) mass is 949 g/mol. The summed E-state index contributed by atoms with van der Waals surface area (Å²) in [5.41, 5.74) is 4.19.